The lowest BCUT2D eigenvalue weighted by atomic mass is 9.84. The van der Waals surface area contributed by atoms with E-state index in [9.17, 15) is 5.11 Å². The quantitative estimate of drug-likeness (QED) is 0.716. The number of nitrogens with zero attached hydrogens (tertiary/aromatic N) is 2. The van der Waals surface area contributed by atoms with Gasteiger partial charge in [0.25, 0.3) is 0 Å². The molecule has 1 unspecified atom stereocenters. The minimum Gasteiger partial charge on any atom is -0.396 e. The van der Waals surface area contributed by atoms with Gasteiger partial charge in [0.2, 0.25) is 0 Å². The average molecular weight is 200 g/mol. The number of aliphatic hydroxyl groups excluding tert-OH is 1. The minimum absolute atomic E-state index is 0.340. The van der Waals surface area contributed by atoms with Crippen molar-refractivity contribution in [3.8, 4) is 0 Å². The fourth-order valence-corrected chi connectivity index (χ4v) is 2.32. The van der Waals surface area contributed by atoms with Crippen LogP contribution in [-0.2, 0) is 0 Å². The van der Waals surface area contributed by atoms with Crippen molar-refractivity contribution < 1.29 is 5.11 Å². The third kappa shape index (κ3) is 3.56. The lowest BCUT2D eigenvalue weighted by Crippen LogP contribution is -2.38. The van der Waals surface area contributed by atoms with Gasteiger partial charge in [-0.15, -0.1) is 0 Å². The Kier molecular flexibility index (Phi) is 4.85. The Morgan fingerprint density at radius 1 is 1.36 bits per heavy atom. The molecule has 14 heavy (non-hydrogen) atoms. The molecule has 1 atom stereocenters. The van der Waals surface area contributed by atoms with Crippen molar-refractivity contribution in [2.24, 2.45) is 11.8 Å². The van der Waals surface area contributed by atoms with Gasteiger partial charge in [-0.25, -0.2) is 0 Å². The van der Waals surface area contributed by atoms with Gasteiger partial charge in [0.05, 0.1) is 0 Å². The van der Waals surface area contributed by atoms with Gasteiger partial charge in [0.1, 0.15) is 0 Å². The van der Waals surface area contributed by atoms with Crippen molar-refractivity contribution in [3.63, 3.8) is 0 Å². The lowest BCUT2D eigenvalue weighted by molar-refractivity contribution is 0.0985. The van der Waals surface area contributed by atoms with Gasteiger partial charge in [-0.2, -0.15) is 0 Å². The summed E-state index contributed by atoms with van der Waals surface area (Å²) in [5.41, 5.74) is 0. The Bertz CT molecular complexity index is 153. The maximum absolute atomic E-state index is 9.35. The molecule has 1 heterocycles. The zero-order valence-corrected chi connectivity index (χ0v) is 9.74. The summed E-state index contributed by atoms with van der Waals surface area (Å²) in [7, 11) is 6.34. The van der Waals surface area contributed by atoms with E-state index in [1.54, 1.807) is 0 Å². The summed E-state index contributed by atoms with van der Waals surface area (Å²) in [6, 6.07) is 0. The second-order valence-electron chi connectivity index (χ2n) is 4.85. The van der Waals surface area contributed by atoms with Gasteiger partial charge in [-0.05, 0) is 58.9 Å². The highest BCUT2D eigenvalue weighted by atomic mass is 16.3. The monoisotopic (exact) mass is 200 g/mol. The van der Waals surface area contributed by atoms with E-state index in [0.717, 1.165) is 12.5 Å². The first-order valence-electron chi connectivity index (χ1n) is 5.57. The highest BCUT2D eigenvalue weighted by Crippen LogP contribution is 2.24. The van der Waals surface area contributed by atoms with Gasteiger partial charge < -0.3 is 14.9 Å². The highest BCUT2D eigenvalue weighted by Gasteiger charge is 2.24. The summed E-state index contributed by atoms with van der Waals surface area (Å²) in [6.45, 7) is 3.74. The fourth-order valence-electron chi connectivity index (χ4n) is 2.32. The second kappa shape index (κ2) is 5.69. The molecule has 0 saturated carbocycles. The molecule has 84 valence electrons. The molecule has 3 nitrogen and oxygen atoms in total. The van der Waals surface area contributed by atoms with E-state index >= 15 is 0 Å². The average Bonchev–Trinajstić information content (AvgIpc) is 2.15. The van der Waals surface area contributed by atoms with Crippen LogP contribution in [0.25, 0.3) is 0 Å². The molecule has 1 fully saturated rings. The molecule has 1 saturated heterocycles. The van der Waals surface area contributed by atoms with Crippen LogP contribution in [0.4, 0.5) is 0 Å². The van der Waals surface area contributed by atoms with E-state index in [-0.39, 0.29) is 0 Å². The van der Waals surface area contributed by atoms with Gasteiger partial charge in [0, 0.05) is 13.2 Å². The fraction of sp³-hybridized carbons (Fsp3) is 1.00. The van der Waals surface area contributed by atoms with Crippen LogP contribution in [-0.4, -0.2) is 62.3 Å². The zero-order chi connectivity index (χ0) is 10.6. The summed E-state index contributed by atoms with van der Waals surface area (Å²) in [5, 5.41) is 9.35. The molecule has 1 rings (SSSR count). The van der Waals surface area contributed by atoms with Crippen LogP contribution >= 0.6 is 0 Å². The molecule has 0 aromatic heterocycles. The lowest BCUT2D eigenvalue weighted by Gasteiger charge is -2.34. The van der Waals surface area contributed by atoms with Crippen LogP contribution in [0.2, 0.25) is 0 Å². The zero-order valence-electron chi connectivity index (χ0n) is 9.74. The topological polar surface area (TPSA) is 26.7 Å². The van der Waals surface area contributed by atoms with Crippen LogP contribution in [0.5, 0.6) is 0 Å². The van der Waals surface area contributed by atoms with E-state index < -0.39 is 0 Å². The van der Waals surface area contributed by atoms with Crippen molar-refractivity contribution in [3.05, 3.63) is 0 Å². The van der Waals surface area contributed by atoms with Crippen molar-refractivity contribution >= 4 is 0 Å². The number of hydrogen-bond donors (Lipinski definition) is 1. The Balaban J connectivity index is 2.36. The largest absolute Gasteiger partial charge is 0.396 e. The molecule has 0 amide bonds. The number of rotatable bonds is 4. The Morgan fingerprint density at radius 2 is 1.93 bits per heavy atom. The molecule has 0 radical (unpaired) electrons. The highest BCUT2D eigenvalue weighted by molar-refractivity contribution is 4.77. The number of hydrogen-bond acceptors (Lipinski definition) is 3. The van der Waals surface area contributed by atoms with E-state index in [2.05, 4.69) is 30.9 Å². The van der Waals surface area contributed by atoms with Gasteiger partial charge >= 0.3 is 0 Å². The molecule has 0 aromatic rings. The summed E-state index contributed by atoms with van der Waals surface area (Å²) < 4.78 is 0. The minimum atomic E-state index is 0.340. The Labute approximate surface area is 87.7 Å². The van der Waals surface area contributed by atoms with Gasteiger partial charge in [-0.1, -0.05) is 0 Å². The van der Waals surface area contributed by atoms with Crippen LogP contribution in [0.1, 0.15) is 12.8 Å². The smallest absolute Gasteiger partial charge is 0.0474 e. The first kappa shape index (κ1) is 12.0. The number of aliphatic hydroxyl groups is 1. The third-order valence-corrected chi connectivity index (χ3v) is 3.26. The Morgan fingerprint density at radius 3 is 2.36 bits per heavy atom. The maximum atomic E-state index is 9.35. The first-order valence-corrected chi connectivity index (χ1v) is 5.57. The van der Waals surface area contributed by atoms with Crippen molar-refractivity contribution in [2.45, 2.75) is 12.8 Å². The number of piperidine rings is 1. The first-order chi connectivity index (χ1) is 6.63. The molecule has 3 heteroatoms. The molecule has 0 aliphatic carbocycles. The molecular weight excluding hydrogens is 176 g/mol. The van der Waals surface area contributed by atoms with E-state index in [4.69, 9.17) is 0 Å². The molecule has 1 aliphatic rings. The second-order valence-corrected chi connectivity index (χ2v) is 4.85. The van der Waals surface area contributed by atoms with Crippen molar-refractivity contribution in [1.82, 2.24) is 9.80 Å². The predicted molar refractivity (Wildman–Crippen MR) is 59.4 cm³/mol. The normalized spacial score (nSPS) is 22.9. The summed E-state index contributed by atoms with van der Waals surface area (Å²) >= 11 is 0. The molecule has 1 N–H and O–H groups in total. The summed E-state index contributed by atoms with van der Waals surface area (Å²) in [4.78, 5) is 4.56. The SMILES string of the molecule is CN(C)CC(CO)C1CCN(C)CC1. The van der Waals surface area contributed by atoms with Crippen LogP contribution < -0.4 is 0 Å². The van der Waals surface area contributed by atoms with Crippen molar-refractivity contribution in [2.75, 3.05) is 47.4 Å². The van der Waals surface area contributed by atoms with Crippen LogP contribution in [0, 0.1) is 11.8 Å². The summed E-state index contributed by atoms with van der Waals surface area (Å²) in [5.74, 6) is 1.19. The Hall–Kier alpha value is -0.120. The van der Waals surface area contributed by atoms with Gasteiger partial charge in [-0.3, -0.25) is 0 Å². The van der Waals surface area contributed by atoms with Crippen molar-refractivity contribution in [1.29, 1.82) is 0 Å². The third-order valence-electron chi connectivity index (χ3n) is 3.26. The molecule has 1 aliphatic heterocycles. The predicted octanol–water partition coefficient (Wildman–Crippen LogP) is 0.498. The van der Waals surface area contributed by atoms with Crippen LogP contribution in [0.15, 0.2) is 0 Å². The van der Waals surface area contributed by atoms with Crippen LogP contribution in [0.3, 0.4) is 0 Å². The van der Waals surface area contributed by atoms with E-state index in [1.807, 2.05) is 0 Å². The summed E-state index contributed by atoms with van der Waals surface area (Å²) in [6.07, 6.45) is 2.49. The van der Waals surface area contributed by atoms with Gasteiger partial charge in [0.15, 0.2) is 0 Å². The molecular formula is C11H24N2O. The number of likely N-dealkylation sites (tertiary alicyclic amines) is 1. The molecule has 0 aromatic carbocycles. The van der Waals surface area contributed by atoms with E-state index in [0.29, 0.717) is 12.5 Å². The van der Waals surface area contributed by atoms with E-state index in [1.165, 1.54) is 25.9 Å². The molecule has 0 bridgehead atoms. The standard InChI is InChI=1S/C11H24N2O/c1-12(2)8-11(9-14)10-4-6-13(3)7-5-10/h10-11,14H,4-9H2,1-3H3. The molecule has 0 spiro atoms. The maximum Gasteiger partial charge on any atom is 0.0474 e.